The Morgan fingerprint density at radius 2 is 1.86 bits per heavy atom. The van der Waals surface area contributed by atoms with Crippen molar-refractivity contribution in [2.24, 2.45) is 11.8 Å². The Labute approximate surface area is 177 Å². The monoisotopic (exact) mass is 422 g/mol. The molecular formula is C22H31ClN2O4. The number of hydrogen-bond acceptors (Lipinski definition) is 4. The molecule has 0 bridgehead atoms. The summed E-state index contributed by atoms with van der Waals surface area (Å²) < 4.78 is 11.1. The molecule has 6 nitrogen and oxygen atoms in total. The van der Waals surface area contributed by atoms with Gasteiger partial charge in [-0.25, -0.2) is 0 Å². The van der Waals surface area contributed by atoms with Crippen LogP contribution in [0.2, 0.25) is 5.02 Å². The first kappa shape index (κ1) is 21.8. The van der Waals surface area contributed by atoms with Gasteiger partial charge in [-0.2, -0.15) is 0 Å². The lowest BCUT2D eigenvalue weighted by atomic mass is 9.88. The molecule has 160 valence electrons. The molecule has 1 aromatic carbocycles. The van der Waals surface area contributed by atoms with Gasteiger partial charge in [-0.3, -0.25) is 9.59 Å². The standard InChI is InChI=1S/C22H31ClN2O4/c1-14(2)19(25-21(26)16-6-4-3-5-7-16)22(27)24-9-8-15-12-17(23)20-18(13-15)28-10-11-29-20/h12-14,16,19H,3-11H2,1-2H3,(H,24,27)(H,25,26). The summed E-state index contributed by atoms with van der Waals surface area (Å²) in [7, 11) is 0. The number of halogens is 1. The smallest absolute Gasteiger partial charge is 0.242 e. The highest BCUT2D eigenvalue weighted by molar-refractivity contribution is 6.32. The molecule has 1 aliphatic carbocycles. The second-order valence-corrected chi connectivity index (χ2v) is 8.62. The zero-order valence-electron chi connectivity index (χ0n) is 17.3. The average Bonchev–Trinajstić information content (AvgIpc) is 2.72. The fourth-order valence-electron chi connectivity index (χ4n) is 3.92. The maximum atomic E-state index is 12.7. The van der Waals surface area contributed by atoms with Crippen molar-refractivity contribution in [3.05, 3.63) is 22.7 Å². The van der Waals surface area contributed by atoms with Crippen molar-refractivity contribution < 1.29 is 19.1 Å². The molecule has 1 fully saturated rings. The van der Waals surface area contributed by atoms with Gasteiger partial charge >= 0.3 is 0 Å². The summed E-state index contributed by atoms with van der Waals surface area (Å²) in [5.41, 5.74) is 0.965. The molecule has 1 heterocycles. The van der Waals surface area contributed by atoms with Crippen LogP contribution in [0.4, 0.5) is 0 Å². The number of carbonyl (C=O) groups is 2. The van der Waals surface area contributed by atoms with Crippen molar-refractivity contribution >= 4 is 23.4 Å². The Morgan fingerprint density at radius 1 is 1.14 bits per heavy atom. The Bertz CT molecular complexity index is 732. The van der Waals surface area contributed by atoms with Crippen LogP contribution in [0.15, 0.2) is 12.1 Å². The second-order valence-electron chi connectivity index (χ2n) is 8.21. The van der Waals surface area contributed by atoms with Crippen LogP contribution in [-0.2, 0) is 16.0 Å². The summed E-state index contributed by atoms with van der Waals surface area (Å²) in [4.78, 5) is 25.3. The molecule has 0 radical (unpaired) electrons. The van der Waals surface area contributed by atoms with E-state index in [0.717, 1.165) is 31.2 Å². The van der Waals surface area contributed by atoms with Crippen LogP contribution >= 0.6 is 11.6 Å². The van der Waals surface area contributed by atoms with Gasteiger partial charge in [0.05, 0.1) is 5.02 Å². The maximum Gasteiger partial charge on any atom is 0.242 e. The van der Waals surface area contributed by atoms with Crippen molar-refractivity contribution in [2.45, 2.75) is 58.4 Å². The summed E-state index contributed by atoms with van der Waals surface area (Å²) in [6, 6.07) is 3.22. The molecule has 2 N–H and O–H groups in total. The van der Waals surface area contributed by atoms with Crippen molar-refractivity contribution in [1.29, 1.82) is 0 Å². The minimum Gasteiger partial charge on any atom is -0.486 e. The number of hydrogen-bond donors (Lipinski definition) is 2. The molecule has 0 aromatic heterocycles. The topological polar surface area (TPSA) is 76.7 Å². The predicted molar refractivity (Wildman–Crippen MR) is 112 cm³/mol. The van der Waals surface area contributed by atoms with Crippen LogP contribution in [0.1, 0.15) is 51.5 Å². The lowest BCUT2D eigenvalue weighted by molar-refractivity contribution is -0.132. The van der Waals surface area contributed by atoms with E-state index in [0.29, 0.717) is 42.7 Å². The highest BCUT2D eigenvalue weighted by Crippen LogP contribution is 2.38. The number of benzene rings is 1. The molecule has 1 saturated carbocycles. The van der Waals surface area contributed by atoms with Crippen LogP contribution in [-0.4, -0.2) is 37.6 Å². The number of carbonyl (C=O) groups excluding carboxylic acids is 2. The third-order valence-corrected chi connectivity index (χ3v) is 5.87. The fourth-order valence-corrected chi connectivity index (χ4v) is 4.21. The van der Waals surface area contributed by atoms with Crippen molar-refractivity contribution in [1.82, 2.24) is 10.6 Å². The van der Waals surface area contributed by atoms with Gasteiger partial charge in [0.2, 0.25) is 11.8 Å². The Hall–Kier alpha value is -1.95. The maximum absolute atomic E-state index is 12.7. The fraction of sp³-hybridized carbons (Fsp3) is 0.636. The third-order valence-electron chi connectivity index (χ3n) is 5.59. The van der Waals surface area contributed by atoms with Gasteiger partial charge in [0.25, 0.3) is 0 Å². The van der Waals surface area contributed by atoms with Gasteiger partial charge in [-0.1, -0.05) is 44.7 Å². The van der Waals surface area contributed by atoms with Gasteiger partial charge < -0.3 is 20.1 Å². The predicted octanol–water partition coefficient (Wildman–Crippen LogP) is 3.49. The summed E-state index contributed by atoms with van der Waals surface area (Å²) in [5, 5.41) is 6.44. The van der Waals surface area contributed by atoms with Crippen LogP contribution < -0.4 is 20.1 Å². The van der Waals surface area contributed by atoms with Gasteiger partial charge in [0.1, 0.15) is 19.3 Å². The molecule has 1 aliphatic heterocycles. The summed E-state index contributed by atoms with van der Waals surface area (Å²) >= 11 is 6.27. The third kappa shape index (κ3) is 5.78. The molecular weight excluding hydrogens is 392 g/mol. The first-order valence-electron chi connectivity index (χ1n) is 10.6. The molecule has 0 saturated heterocycles. The summed E-state index contributed by atoms with van der Waals surface area (Å²) in [6.45, 7) is 5.35. The molecule has 29 heavy (non-hydrogen) atoms. The quantitative estimate of drug-likeness (QED) is 0.705. The molecule has 3 rings (SSSR count). The molecule has 2 aliphatic rings. The molecule has 2 amide bonds. The van der Waals surface area contributed by atoms with Crippen LogP contribution in [0.5, 0.6) is 11.5 Å². The second kappa shape index (κ2) is 10.2. The van der Waals surface area contributed by atoms with Gasteiger partial charge in [0.15, 0.2) is 11.5 Å². The zero-order chi connectivity index (χ0) is 20.8. The lowest BCUT2D eigenvalue weighted by Crippen LogP contribution is -2.51. The van der Waals surface area contributed by atoms with Crippen LogP contribution in [0.3, 0.4) is 0 Å². The number of rotatable bonds is 7. The summed E-state index contributed by atoms with van der Waals surface area (Å²) in [6.07, 6.45) is 5.83. The van der Waals surface area contributed by atoms with Gasteiger partial charge in [0, 0.05) is 12.5 Å². The van der Waals surface area contributed by atoms with Gasteiger partial charge in [-0.05, 0) is 42.9 Å². The first-order valence-corrected chi connectivity index (χ1v) is 11.0. The largest absolute Gasteiger partial charge is 0.486 e. The Balaban J connectivity index is 1.52. The molecule has 1 atom stereocenters. The SMILES string of the molecule is CC(C)C(NC(=O)C1CCCCC1)C(=O)NCCc1cc(Cl)c2c(c1)OCCO2. The normalized spacial score (nSPS) is 17.7. The van der Waals surface area contributed by atoms with E-state index in [-0.39, 0.29) is 23.7 Å². The molecule has 1 unspecified atom stereocenters. The Kier molecular flexibility index (Phi) is 7.64. The van der Waals surface area contributed by atoms with Crippen molar-refractivity contribution in [3.8, 4) is 11.5 Å². The van der Waals surface area contributed by atoms with Crippen molar-refractivity contribution in [3.63, 3.8) is 0 Å². The number of nitrogens with one attached hydrogen (secondary N) is 2. The lowest BCUT2D eigenvalue weighted by Gasteiger charge is -2.26. The Morgan fingerprint density at radius 3 is 2.59 bits per heavy atom. The minimum atomic E-state index is -0.520. The van der Waals surface area contributed by atoms with Crippen LogP contribution in [0.25, 0.3) is 0 Å². The minimum absolute atomic E-state index is 0.0113. The highest BCUT2D eigenvalue weighted by atomic mass is 35.5. The van der Waals surface area contributed by atoms with E-state index < -0.39 is 6.04 Å². The molecule has 1 aromatic rings. The summed E-state index contributed by atoms with van der Waals surface area (Å²) in [5.74, 6) is 1.15. The number of amides is 2. The average molecular weight is 423 g/mol. The van der Waals surface area contributed by atoms with E-state index in [4.69, 9.17) is 21.1 Å². The van der Waals surface area contributed by atoms with Gasteiger partial charge in [-0.15, -0.1) is 0 Å². The van der Waals surface area contributed by atoms with Crippen LogP contribution in [0, 0.1) is 11.8 Å². The van der Waals surface area contributed by atoms with Crippen molar-refractivity contribution in [2.75, 3.05) is 19.8 Å². The van der Waals surface area contributed by atoms with E-state index >= 15 is 0 Å². The number of ether oxygens (including phenoxy) is 2. The molecule has 7 heteroatoms. The zero-order valence-corrected chi connectivity index (χ0v) is 18.0. The first-order chi connectivity index (χ1) is 14.0. The number of fused-ring (bicyclic) bond motifs is 1. The van der Waals surface area contributed by atoms with E-state index in [1.54, 1.807) is 0 Å². The van der Waals surface area contributed by atoms with E-state index in [9.17, 15) is 9.59 Å². The highest BCUT2D eigenvalue weighted by Gasteiger charge is 2.28. The van der Waals surface area contributed by atoms with E-state index in [1.807, 2.05) is 26.0 Å². The molecule has 0 spiro atoms. The van der Waals surface area contributed by atoms with E-state index in [2.05, 4.69) is 10.6 Å². The van der Waals surface area contributed by atoms with E-state index in [1.165, 1.54) is 6.42 Å².